The Morgan fingerprint density at radius 2 is 1.83 bits per heavy atom. The number of alkyl halides is 3. The fraction of sp³-hybridized carbons (Fsp3) is 0.143. The lowest BCUT2D eigenvalue weighted by atomic mass is 9.99. The van der Waals surface area contributed by atoms with Crippen molar-refractivity contribution >= 4 is 22.8 Å². The number of ether oxygens (including phenoxy) is 2. The molecule has 36 heavy (non-hydrogen) atoms. The second-order valence-electron chi connectivity index (χ2n) is 8.07. The SMILES string of the molecule is COc1cc(/C=C(/C#N)C(=O)c2c(C)[nH]c3ccccc23)ccc1OCc1cccc(C(F)(F)F)c1. The van der Waals surface area contributed by atoms with Gasteiger partial charge in [0.15, 0.2) is 11.5 Å². The lowest BCUT2D eigenvalue weighted by Crippen LogP contribution is -2.06. The summed E-state index contributed by atoms with van der Waals surface area (Å²) in [6.45, 7) is 1.68. The lowest BCUT2D eigenvalue weighted by Gasteiger charge is -2.13. The van der Waals surface area contributed by atoms with Gasteiger partial charge in [-0.2, -0.15) is 18.4 Å². The highest BCUT2D eigenvalue weighted by Crippen LogP contribution is 2.32. The molecule has 5 nitrogen and oxygen atoms in total. The molecular weight excluding hydrogens is 469 g/mol. The number of hydrogen-bond acceptors (Lipinski definition) is 4. The molecule has 0 bridgehead atoms. The van der Waals surface area contributed by atoms with Gasteiger partial charge in [-0.3, -0.25) is 4.79 Å². The van der Waals surface area contributed by atoms with E-state index in [1.54, 1.807) is 25.1 Å². The molecule has 0 aliphatic rings. The van der Waals surface area contributed by atoms with Crippen molar-refractivity contribution in [3.05, 3.63) is 100 Å². The number of halogens is 3. The quantitative estimate of drug-likeness (QED) is 0.174. The van der Waals surface area contributed by atoms with Gasteiger partial charge >= 0.3 is 6.18 Å². The minimum atomic E-state index is -4.44. The van der Waals surface area contributed by atoms with Crippen LogP contribution in [0.15, 0.2) is 72.3 Å². The highest BCUT2D eigenvalue weighted by atomic mass is 19.4. The molecule has 1 aromatic heterocycles. The zero-order chi connectivity index (χ0) is 25.9. The highest BCUT2D eigenvalue weighted by molar-refractivity contribution is 6.20. The number of aromatic nitrogens is 1. The Morgan fingerprint density at radius 3 is 2.56 bits per heavy atom. The van der Waals surface area contributed by atoms with Crippen LogP contribution in [-0.2, 0) is 12.8 Å². The first-order chi connectivity index (χ1) is 17.2. The number of H-pyrrole nitrogens is 1. The van der Waals surface area contributed by atoms with E-state index in [9.17, 15) is 23.2 Å². The van der Waals surface area contributed by atoms with Gasteiger partial charge in [0, 0.05) is 16.6 Å². The molecule has 8 heteroatoms. The maximum Gasteiger partial charge on any atom is 0.416 e. The number of aromatic amines is 1. The molecule has 3 aromatic carbocycles. The summed E-state index contributed by atoms with van der Waals surface area (Å²) in [5.41, 5.74) is 1.98. The number of hydrogen-bond donors (Lipinski definition) is 1. The summed E-state index contributed by atoms with van der Waals surface area (Å²) in [7, 11) is 1.42. The molecule has 0 saturated heterocycles. The number of ketones is 1. The van der Waals surface area contributed by atoms with Crippen molar-refractivity contribution < 1.29 is 27.4 Å². The van der Waals surface area contributed by atoms with E-state index in [4.69, 9.17) is 9.47 Å². The van der Waals surface area contributed by atoms with E-state index < -0.39 is 17.5 Å². The van der Waals surface area contributed by atoms with Crippen LogP contribution in [0.3, 0.4) is 0 Å². The average molecular weight is 490 g/mol. The van der Waals surface area contributed by atoms with Gasteiger partial charge in [0.05, 0.1) is 18.2 Å². The number of Topliss-reactive ketones (excluding diaryl/α,β-unsaturated/α-hetero) is 1. The molecule has 0 spiro atoms. The van der Waals surface area contributed by atoms with Crippen LogP contribution < -0.4 is 9.47 Å². The molecule has 0 amide bonds. The van der Waals surface area contributed by atoms with Gasteiger partial charge in [0.2, 0.25) is 5.78 Å². The third-order valence-corrected chi connectivity index (χ3v) is 5.63. The number of nitrogens with one attached hydrogen (secondary N) is 1. The summed E-state index contributed by atoms with van der Waals surface area (Å²) in [6.07, 6.45) is -2.98. The van der Waals surface area contributed by atoms with Crippen LogP contribution in [0.4, 0.5) is 13.2 Å². The van der Waals surface area contributed by atoms with E-state index >= 15 is 0 Å². The van der Waals surface area contributed by atoms with E-state index in [2.05, 4.69) is 4.98 Å². The zero-order valence-corrected chi connectivity index (χ0v) is 19.4. The first kappa shape index (κ1) is 24.6. The molecular formula is C28H21F3N2O3. The van der Waals surface area contributed by atoms with Crippen LogP contribution >= 0.6 is 0 Å². The molecule has 1 heterocycles. The fourth-order valence-electron chi connectivity index (χ4n) is 3.91. The van der Waals surface area contributed by atoms with Crippen LogP contribution in [0.25, 0.3) is 17.0 Å². The Balaban J connectivity index is 1.58. The number of aryl methyl sites for hydroxylation is 1. The third-order valence-electron chi connectivity index (χ3n) is 5.63. The van der Waals surface area contributed by atoms with Gasteiger partial charge in [0.25, 0.3) is 0 Å². The predicted molar refractivity (Wildman–Crippen MR) is 130 cm³/mol. The van der Waals surface area contributed by atoms with E-state index in [-0.39, 0.29) is 12.2 Å². The Hall–Kier alpha value is -4.51. The van der Waals surface area contributed by atoms with Crippen molar-refractivity contribution in [2.75, 3.05) is 7.11 Å². The maximum atomic E-state index is 13.2. The standard InChI is InChI=1S/C28H21F3N2O3/c1-17-26(22-8-3-4-9-23(22)33-17)27(34)20(15-32)12-18-10-11-24(25(14-18)35-2)36-16-19-6-5-7-21(13-19)28(29,30)31/h3-14,33H,16H2,1-2H3/b20-12-. The number of para-hydroxylation sites is 1. The Morgan fingerprint density at radius 1 is 1.06 bits per heavy atom. The normalized spacial score (nSPS) is 11.8. The van der Waals surface area contributed by atoms with Gasteiger partial charge in [0.1, 0.15) is 18.2 Å². The van der Waals surface area contributed by atoms with Crippen molar-refractivity contribution in [2.24, 2.45) is 0 Å². The van der Waals surface area contributed by atoms with E-state index in [0.717, 1.165) is 23.0 Å². The third kappa shape index (κ3) is 5.10. The smallest absolute Gasteiger partial charge is 0.416 e. The van der Waals surface area contributed by atoms with E-state index in [1.807, 2.05) is 30.3 Å². The van der Waals surface area contributed by atoms with Crippen LogP contribution in [-0.4, -0.2) is 17.9 Å². The number of nitriles is 1. The Labute approximate surface area is 205 Å². The molecule has 0 radical (unpaired) electrons. The summed E-state index contributed by atoms with van der Waals surface area (Å²) >= 11 is 0. The van der Waals surface area contributed by atoms with Gasteiger partial charge < -0.3 is 14.5 Å². The van der Waals surface area contributed by atoms with Crippen molar-refractivity contribution in [1.29, 1.82) is 5.26 Å². The first-order valence-electron chi connectivity index (χ1n) is 10.9. The van der Waals surface area contributed by atoms with E-state index in [0.29, 0.717) is 33.9 Å². The van der Waals surface area contributed by atoms with E-state index in [1.165, 1.54) is 25.3 Å². The second-order valence-corrected chi connectivity index (χ2v) is 8.07. The van der Waals surface area contributed by atoms with Crippen molar-refractivity contribution in [1.82, 2.24) is 4.98 Å². The summed E-state index contributed by atoms with van der Waals surface area (Å²) in [6, 6.07) is 19.0. The Kier molecular flexibility index (Phi) is 6.84. The molecule has 0 fully saturated rings. The fourth-order valence-corrected chi connectivity index (χ4v) is 3.91. The molecule has 0 saturated carbocycles. The number of nitrogens with zero attached hydrogens (tertiary/aromatic N) is 1. The molecule has 182 valence electrons. The number of fused-ring (bicyclic) bond motifs is 1. The minimum Gasteiger partial charge on any atom is -0.493 e. The largest absolute Gasteiger partial charge is 0.493 e. The van der Waals surface area contributed by atoms with Crippen molar-refractivity contribution in [3.8, 4) is 17.6 Å². The average Bonchev–Trinajstić information content (AvgIpc) is 3.21. The molecule has 4 rings (SSSR count). The molecule has 0 unspecified atom stereocenters. The molecule has 0 aliphatic carbocycles. The number of allylic oxidation sites excluding steroid dienone is 1. The molecule has 0 atom stereocenters. The number of benzene rings is 3. The monoisotopic (exact) mass is 490 g/mol. The predicted octanol–water partition coefficient (Wildman–Crippen LogP) is 6.87. The number of rotatable bonds is 7. The van der Waals surface area contributed by atoms with Crippen molar-refractivity contribution in [2.45, 2.75) is 19.7 Å². The highest BCUT2D eigenvalue weighted by Gasteiger charge is 2.30. The van der Waals surface area contributed by atoms with Gasteiger partial charge in [-0.25, -0.2) is 0 Å². The summed E-state index contributed by atoms with van der Waals surface area (Å²) in [5, 5.41) is 10.4. The zero-order valence-electron chi connectivity index (χ0n) is 19.4. The first-order valence-corrected chi connectivity index (χ1v) is 10.9. The topological polar surface area (TPSA) is 75.1 Å². The van der Waals surface area contributed by atoms with Gasteiger partial charge in [-0.1, -0.05) is 36.4 Å². The van der Waals surface area contributed by atoms with Crippen molar-refractivity contribution in [3.63, 3.8) is 0 Å². The summed E-state index contributed by atoms with van der Waals surface area (Å²) in [5.74, 6) is 0.212. The lowest BCUT2D eigenvalue weighted by molar-refractivity contribution is -0.137. The number of methoxy groups -OCH3 is 1. The van der Waals surface area contributed by atoms with Gasteiger partial charge in [-0.05, 0) is 54.5 Å². The molecule has 4 aromatic rings. The van der Waals surface area contributed by atoms with Crippen LogP contribution in [0.1, 0.15) is 32.7 Å². The van der Waals surface area contributed by atoms with Gasteiger partial charge in [-0.15, -0.1) is 0 Å². The van der Waals surface area contributed by atoms with Crippen LogP contribution in [0.5, 0.6) is 11.5 Å². The number of carbonyl (C=O) groups excluding carboxylic acids is 1. The Bertz CT molecular complexity index is 1510. The van der Waals surface area contributed by atoms with Crippen LogP contribution in [0, 0.1) is 18.3 Å². The number of carbonyl (C=O) groups is 1. The summed E-state index contributed by atoms with van der Waals surface area (Å²) in [4.78, 5) is 16.4. The maximum absolute atomic E-state index is 13.2. The second kappa shape index (κ2) is 10.0. The molecule has 0 aliphatic heterocycles. The summed E-state index contributed by atoms with van der Waals surface area (Å²) < 4.78 is 49.9. The van der Waals surface area contributed by atoms with Crippen LogP contribution in [0.2, 0.25) is 0 Å². The molecule has 1 N–H and O–H groups in total. The minimum absolute atomic E-state index is 0.0532.